The van der Waals surface area contributed by atoms with E-state index in [4.69, 9.17) is 23.2 Å². The lowest BCUT2D eigenvalue weighted by molar-refractivity contribution is -0.115. The van der Waals surface area contributed by atoms with Crippen molar-refractivity contribution in [2.75, 3.05) is 10.7 Å². The van der Waals surface area contributed by atoms with E-state index in [-0.39, 0.29) is 11.3 Å². The second-order valence-electron chi connectivity index (χ2n) is 4.58. The van der Waals surface area contributed by atoms with Crippen molar-refractivity contribution in [2.45, 2.75) is 5.37 Å². The molecular formula is C15H10BrCl2NOS. The van der Waals surface area contributed by atoms with Crippen LogP contribution < -0.4 is 4.90 Å². The van der Waals surface area contributed by atoms with Gasteiger partial charge in [0.05, 0.1) is 15.8 Å². The van der Waals surface area contributed by atoms with E-state index < -0.39 is 0 Å². The minimum absolute atomic E-state index is 0.0488. The Morgan fingerprint density at radius 3 is 2.67 bits per heavy atom. The van der Waals surface area contributed by atoms with E-state index in [1.165, 1.54) is 0 Å². The number of amides is 1. The van der Waals surface area contributed by atoms with Gasteiger partial charge in [-0.3, -0.25) is 9.69 Å². The molecular weight excluding hydrogens is 393 g/mol. The zero-order valence-electron chi connectivity index (χ0n) is 10.7. The van der Waals surface area contributed by atoms with Crippen molar-refractivity contribution in [1.29, 1.82) is 0 Å². The molecule has 6 heteroatoms. The lowest BCUT2D eigenvalue weighted by Gasteiger charge is -2.24. The summed E-state index contributed by atoms with van der Waals surface area (Å²) in [6.07, 6.45) is 0. The fourth-order valence-electron chi connectivity index (χ4n) is 2.24. The quantitative estimate of drug-likeness (QED) is 0.657. The van der Waals surface area contributed by atoms with Gasteiger partial charge in [0.2, 0.25) is 5.91 Å². The first-order valence-electron chi connectivity index (χ1n) is 6.20. The van der Waals surface area contributed by atoms with Crippen LogP contribution in [-0.4, -0.2) is 11.7 Å². The molecule has 108 valence electrons. The summed E-state index contributed by atoms with van der Waals surface area (Å²) in [5, 5.41) is 0.887. The Morgan fingerprint density at radius 1 is 1.14 bits per heavy atom. The highest BCUT2D eigenvalue weighted by atomic mass is 79.9. The fraction of sp³-hybridized carbons (Fsp3) is 0.133. The maximum absolute atomic E-state index is 12.3. The van der Waals surface area contributed by atoms with Crippen molar-refractivity contribution < 1.29 is 4.79 Å². The third kappa shape index (κ3) is 3.09. The van der Waals surface area contributed by atoms with Crippen molar-refractivity contribution in [3.05, 3.63) is 62.5 Å². The van der Waals surface area contributed by atoms with Crippen LogP contribution in [0, 0.1) is 0 Å². The summed E-state index contributed by atoms with van der Waals surface area (Å²) in [6.45, 7) is 0. The number of hydrogen-bond acceptors (Lipinski definition) is 2. The molecule has 2 aromatic rings. The van der Waals surface area contributed by atoms with Crippen LogP contribution in [0.2, 0.25) is 10.0 Å². The van der Waals surface area contributed by atoms with Gasteiger partial charge in [0.25, 0.3) is 0 Å². The van der Waals surface area contributed by atoms with Gasteiger partial charge in [0, 0.05) is 10.2 Å². The average Bonchev–Trinajstić information content (AvgIpc) is 2.84. The zero-order chi connectivity index (χ0) is 15.0. The van der Waals surface area contributed by atoms with Crippen LogP contribution in [0.1, 0.15) is 10.9 Å². The highest BCUT2D eigenvalue weighted by molar-refractivity contribution is 9.10. The number of anilines is 1. The van der Waals surface area contributed by atoms with Crippen LogP contribution in [0.25, 0.3) is 0 Å². The normalized spacial score (nSPS) is 18.3. The minimum atomic E-state index is -0.0488. The van der Waals surface area contributed by atoms with E-state index in [2.05, 4.69) is 15.9 Å². The molecule has 1 fully saturated rings. The number of halogens is 3. The van der Waals surface area contributed by atoms with Crippen LogP contribution in [0.15, 0.2) is 46.9 Å². The number of rotatable bonds is 2. The largest absolute Gasteiger partial charge is 0.295 e. The molecule has 0 aliphatic carbocycles. The Hall–Kier alpha value is -0.680. The Morgan fingerprint density at radius 2 is 1.95 bits per heavy atom. The van der Waals surface area contributed by atoms with Crippen LogP contribution in [0.4, 0.5) is 5.69 Å². The number of carbonyl (C=O) groups is 1. The zero-order valence-corrected chi connectivity index (χ0v) is 14.6. The summed E-state index contributed by atoms with van der Waals surface area (Å²) in [5.41, 5.74) is 1.84. The summed E-state index contributed by atoms with van der Waals surface area (Å²) in [5.74, 6) is 0.528. The number of thioether (sulfide) groups is 1. The Bertz CT molecular complexity index is 710. The predicted molar refractivity (Wildman–Crippen MR) is 93.3 cm³/mol. The highest BCUT2D eigenvalue weighted by Crippen LogP contribution is 2.43. The van der Waals surface area contributed by atoms with Gasteiger partial charge >= 0.3 is 0 Å². The van der Waals surface area contributed by atoms with Gasteiger partial charge < -0.3 is 0 Å². The lowest BCUT2D eigenvalue weighted by atomic mass is 10.2. The van der Waals surface area contributed by atoms with E-state index in [1.54, 1.807) is 28.8 Å². The van der Waals surface area contributed by atoms with Crippen molar-refractivity contribution in [2.24, 2.45) is 0 Å². The molecule has 1 aliphatic rings. The molecule has 1 heterocycles. The average molecular weight is 403 g/mol. The molecule has 1 saturated heterocycles. The van der Waals surface area contributed by atoms with Crippen molar-refractivity contribution in [3.63, 3.8) is 0 Å². The molecule has 0 aromatic heterocycles. The molecule has 0 radical (unpaired) electrons. The van der Waals surface area contributed by atoms with Crippen LogP contribution >= 0.6 is 50.9 Å². The molecule has 1 unspecified atom stereocenters. The molecule has 1 aliphatic heterocycles. The highest BCUT2D eigenvalue weighted by Gasteiger charge is 2.34. The minimum Gasteiger partial charge on any atom is -0.295 e. The standard InChI is InChI=1S/C15H10BrCl2NOS/c16-10-3-1-2-9(6-10)15-19(14(20)8-21-15)11-4-5-12(17)13(18)7-11/h1-7,15H,8H2. The van der Waals surface area contributed by atoms with Gasteiger partial charge in [-0.25, -0.2) is 0 Å². The number of hydrogen-bond donors (Lipinski definition) is 0. The molecule has 2 nitrogen and oxygen atoms in total. The Balaban J connectivity index is 2.01. The molecule has 0 saturated carbocycles. The first-order chi connectivity index (χ1) is 10.1. The molecule has 2 aromatic carbocycles. The molecule has 21 heavy (non-hydrogen) atoms. The third-order valence-corrected chi connectivity index (χ3v) is 5.63. The Labute approximate surface area is 145 Å². The first-order valence-corrected chi connectivity index (χ1v) is 8.80. The summed E-state index contributed by atoms with van der Waals surface area (Å²) >= 11 is 17.1. The molecule has 1 amide bonds. The topological polar surface area (TPSA) is 20.3 Å². The third-order valence-electron chi connectivity index (χ3n) is 3.18. The van der Waals surface area contributed by atoms with Crippen molar-refractivity contribution in [1.82, 2.24) is 0 Å². The van der Waals surface area contributed by atoms with E-state index >= 15 is 0 Å². The van der Waals surface area contributed by atoms with Gasteiger partial charge in [-0.05, 0) is 35.9 Å². The smallest absolute Gasteiger partial charge is 0.238 e. The van der Waals surface area contributed by atoms with Gasteiger partial charge in [-0.15, -0.1) is 11.8 Å². The molecule has 0 spiro atoms. The van der Waals surface area contributed by atoms with E-state index in [9.17, 15) is 4.79 Å². The van der Waals surface area contributed by atoms with E-state index in [0.717, 1.165) is 15.7 Å². The summed E-state index contributed by atoms with van der Waals surface area (Å²) < 4.78 is 0.994. The fourth-order valence-corrected chi connectivity index (χ4v) is 4.12. The SMILES string of the molecule is O=C1CSC(c2cccc(Br)c2)N1c1ccc(Cl)c(Cl)c1. The lowest BCUT2D eigenvalue weighted by Crippen LogP contribution is -2.27. The predicted octanol–water partition coefficient (Wildman–Crippen LogP) is 5.53. The van der Waals surface area contributed by atoms with Crippen LogP contribution in [-0.2, 0) is 4.79 Å². The number of nitrogens with zero attached hydrogens (tertiary/aromatic N) is 1. The van der Waals surface area contributed by atoms with E-state index in [1.807, 2.05) is 30.3 Å². The van der Waals surface area contributed by atoms with Crippen molar-refractivity contribution in [3.8, 4) is 0 Å². The van der Waals surface area contributed by atoms with Crippen molar-refractivity contribution >= 4 is 62.5 Å². The second-order valence-corrected chi connectivity index (χ2v) is 7.38. The summed E-state index contributed by atoms with van der Waals surface area (Å²) in [7, 11) is 0. The van der Waals surface area contributed by atoms with Crippen LogP contribution in [0.5, 0.6) is 0 Å². The molecule has 0 N–H and O–H groups in total. The monoisotopic (exact) mass is 401 g/mol. The van der Waals surface area contributed by atoms with Gasteiger partial charge in [0.1, 0.15) is 5.37 Å². The van der Waals surface area contributed by atoms with E-state index in [0.29, 0.717) is 15.8 Å². The first kappa shape index (κ1) is 15.2. The van der Waals surface area contributed by atoms with Gasteiger partial charge in [-0.1, -0.05) is 51.3 Å². The summed E-state index contributed by atoms with van der Waals surface area (Å²) in [4.78, 5) is 14.0. The second kappa shape index (κ2) is 6.21. The maximum atomic E-state index is 12.3. The number of benzene rings is 2. The maximum Gasteiger partial charge on any atom is 0.238 e. The Kier molecular flexibility index (Phi) is 4.50. The van der Waals surface area contributed by atoms with Gasteiger partial charge in [0.15, 0.2) is 0 Å². The van der Waals surface area contributed by atoms with Crippen LogP contribution in [0.3, 0.4) is 0 Å². The summed E-state index contributed by atoms with van der Waals surface area (Å²) in [6, 6.07) is 13.3. The molecule has 3 rings (SSSR count). The molecule has 0 bridgehead atoms. The van der Waals surface area contributed by atoms with Gasteiger partial charge in [-0.2, -0.15) is 0 Å². The number of carbonyl (C=O) groups excluding carboxylic acids is 1. The molecule has 1 atom stereocenters.